The molecule has 1 aliphatic rings. The van der Waals surface area contributed by atoms with E-state index >= 15 is 0 Å². The smallest absolute Gasteiger partial charge is 0.251 e. The zero-order valence-electron chi connectivity index (χ0n) is 20.2. The quantitative estimate of drug-likeness (QED) is 0.373. The Hall–Kier alpha value is -4.07. The average molecular weight is 468 g/mol. The maximum atomic E-state index is 12.3. The van der Waals surface area contributed by atoms with Gasteiger partial charge in [-0.3, -0.25) is 9.78 Å². The molecule has 0 bridgehead atoms. The third-order valence-electron chi connectivity index (χ3n) is 6.84. The van der Waals surface area contributed by atoms with Crippen LogP contribution in [0.4, 0.5) is 11.6 Å². The second-order valence-corrected chi connectivity index (χ2v) is 9.02. The van der Waals surface area contributed by atoms with Gasteiger partial charge in [-0.25, -0.2) is 15.0 Å². The largest absolute Gasteiger partial charge is 0.370 e. The number of nitrogens with one attached hydrogen (secondary N) is 3. The van der Waals surface area contributed by atoms with Crippen LogP contribution < -0.4 is 16.0 Å². The molecule has 5 rings (SSSR count). The second-order valence-electron chi connectivity index (χ2n) is 9.02. The predicted molar refractivity (Wildman–Crippen MR) is 139 cm³/mol. The summed E-state index contributed by atoms with van der Waals surface area (Å²) in [5, 5.41) is 10.4. The zero-order chi connectivity index (χ0) is 24.4. The van der Waals surface area contributed by atoms with Gasteiger partial charge in [-0.15, -0.1) is 0 Å². The van der Waals surface area contributed by atoms with Gasteiger partial charge < -0.3 is 16.0 Å². The topological polar surface area (TPSA) is 105 Å². The first kappa shape index (κ1) is 22.7. The number of para-hydroxylation sites is 1. The molecule has 0 saturated heterocycles. The molecule has 0 aliphatic carbocycles. The van der Waals surface area contributed by atoms with Gasteiger partial charge in [0, 0.05) is 49.5 Å². The first-order valence-electron chi connectivity index (χ1n) is 11.9. The highest BCUT2D eigenvalue weighted by atomic mass is 16.1. The van der Waals surface area contributed by atoms with E-state index in [1.54, 1.807) is 25.6 Å². The lowest BCUT2D eigenvalue weighted by Crippen LogP contribution is -2.19. The zero-order valence-corrected chi connectivity index (χ0v) is 20.2. The monoisotopic (exact) mass is 467 g/mol. The first-order valence-corrected chi connectivity index (χ1v) is 11.9. The lowest BCUT2D eigenvalue weighted by Gasteiger charge is -2.22. The van der Waals surface area contributed by atoms with Crippen LogP contribution >= 0.6 is 0 Å². The number of benzene rings is 1. The highest BCUT2D eigenvalue weighted by molar-refractivity contribution is 6.06. The summed E-state index contributed by atoms with van der Waals surface area (Å²) < 4.78 is 0. The molecule has 4 heterocycles. The minimum atomic E-state index is -0.105. The molecule has 2 atom stereocenters. The van der Waals surface area contributed by atoms with E-state index in [1.807, 2.05) is 24.4 Å². The van der Waals surface area contributed by atoms with Gasteiger partial charge in [-0.05, 0) is 41.5 Å². The maximum absolute atomic E-state index is 12.3. The molecule has 0 spiro atoms. The summed E-state index contributed by atoms with van der Waals surface area (Å²) in [6.45, 7) is 6.07. The van der Waals surface area contributed by atoms with Gasteiger partial charge in [0.15, 0.2) is 0 Å². The van der Waals surface area contributed by atoms with Crippen molar-refractivity contribution in [3.05, 3.63) is 71.8 Å². The number of aromatic nitrogens is 4. The Kier molecular flexibility index (Phi) is 6.27. The van der Waals surface area contributed by atoms with E-state index in [0.29, 0.717) is 5.56 Å². The van der Waals surface area contributed by atoms with E-state index in [0.717, 1.165) is 58.9 Å². The van der Waals surface area contributed by atoms with Crippen LogP contribution in [0.3, 0.4) is 0 Å². The Morgan fingerprint density at radius 2 is 2.00 bits per heavy atom. The van der Waals surface area contributed by atoms with Gasteiger partial charge in [0.1, 0.15) is 18.0 Å². The molecule has 4 aromatic rings. The predicted octanol–water partition coefficient (Wildman–Crippen LogP) is 4.27. The summed E-state index contributed by atoms with van der Waals surface area (Å²) in [6.07, 6.45) is 6.13. The number of carbonyl (C=O) groups excluding carboxylic acids is 1. The molecule has 8 heteroatoms. The SMILES string of the molecule is CNC(=O)c1ccnc2c([C@H](C)C(C)CNc3cc(-c4cnc5c(c4)CCN5)ncn3)cccc12. The van der Waals surface area contributed by atoms with Gasteiger partial charge in [-0.2, -0.15) is 0 Å². The van der Waals surface area contributed by atoms with E-state index in [2.05, 4.69) is 61.9 Å². The van der Waals surface area contributed by atoms with Gasteiger partial charge >= 0.3 is 0 Å². The Balaban J connectivity index is 1.32. The third kappa shape index (κ3) is 4.51. The Bertz CT molecular complexity index is 1390. The van der Waals surface area contributed by atoms with Crippen LogP contribution in [0.25, 0.3) is 22.2 Å². The number of hydrogen-bond donors (Lipinski definition) is 3. The Labute approximate surface area is 204 Å². The van der Waals surface area contributed by atoms with Crippen molar-refractivity contribution in [2.45, 2.75) is 26.2 Å². The van der Waals surface area contributed by atoms with Gasteiger partial charge in [0.2, 0.25) is 0 Å². The van der Waals surface area contributed by atoms with Crippen molar-refractivity contribution in [3.63, 3.8) is 0 Å². The number of nitrogens with zero attached hydrogens (tertiary/aromatic N) is 4. The van der Waals surface area contributed by atoms with Crippen molar-refractivity contribution >= 4 is 28.4 Å². The molecule has 178 valence electrons. The number of pyridine rings is 2. The summed E-state index contributed by atoms with van der Waals surface area (Å²) in [4.78, 5) is 30.3. The van der Waals surface area contributed by atoms with Gasteiger partial charge in [-0.1, -0.05) is 32.0 Å². The molecule has 8 nitrogen and oxygen atoms in total. The van der Waals surface area contributed by atoms with E-state index < -0.39 is 0 Å². The van der Waals surface area contributed by atoms with Crippen LogP contribution in [-0.4, -0.2) is 46.0 Å². The highest BCUT2D eigenvalue weighted by Crippen LogP contribution is 2.31. The van der Waals surface area contributed by atoms with Crippen LogP contribution in [-0.2, 0) is 6.42 Å². The number of carbonyl (C=O) groups is 1. The van der Waals surface area contributed by atoms with Gasteiger partial charge in [0.25, 0.3) is 5.91 Å². The molecule has 0 fully saturated rings. The molecule has 35 heavy (non-hydrogen) atoms. The second kappa shape index (κ2) is 9.66. The summed E-state index contributed by atoms with van der Waals surface area (Å²) in [7, 11) is 1.64. The van der Waals surface area contributed by atoms with Crippen molar-refractivity contribution in [3.8, 4) is 11.3 Å². The molecule has 1 unspecified atom stereocenters. The van der Waals surface area contributed by atoms with Crippen molar-refractivity contribution in [2.75, 3.05) is 30.8 Å². The standard InChI is InChI=1S/C27H29N7O/c1-16(17(2)20-5-4-6-21-22(27(35)28-3)8-10-29-25(20)21)13-31-24-12-23(33-15-34-24)19-11-18-7-9-30-26(18)32-14-19/h4-6,8,10-12,14-17H,7,9,13H2,1-3H3,(H,28,35)(H,30,32)(H,31,33,34)/t16?,17-/m1/s1. The number of amides is 1. The fourth-order valence-corrected chi connectivity index (χ4v) is 4.58. The molecule has 0 saturated carbocycles. The molecule has 1 amide bonds. The molecular formula is C27H29N7O. The molecule has 1 aromatic carbocycles. The summed E-state index contributed by atoms with van der Waals surface area (Å²) in [5.74, 6) is 2.15. The van der Waals surface area contributed by atoms with Crippen LogP contribution in [0.2, 0.25) is 0 Å². The average Bonchev–Trinajstić information content (AvgIpc) is 3.38. The Morgan fingerprint density at radius 1 is 1.11 bits per heavy atom. The fourth-order valence-electron chi connectivity index (χ4n) is 4.58. The minimum Gasteiger partial charge on any atom is -0.370 e. The van der Waals surface area contributed by atoms with Crippen molar-refractivity contribution in [1.29, 1.82) is 0 Å². The van der Waals surface area contributed by atoms with E-state index in [4.69, 9.17) is 0 Å². The first-order chi connectivity index (χ1) is 17.0. The number of anilines is 2. The van der Waals surface area contributed by atoms with Crippen LogP contribution in [0.5, 0.6) is 0 Å². The van der Waals surface area contributed by atoms with Crippen LogP contribution in [0.15, 0.2) is 55.1 Å². The maximum Gasteiger partial charge on any atom is 0.251 e. The molecule has 0 radical (unpaired) electrons. The van der Waals surface area contributed by atoms with Crippen molar-refractivity contribution in [2.24, 2.45) is 5.92 Å². The minimum absolute atomic E-state index is 0.105. The number of hydrogen-bond acceptors (Lipinski definition) is 7. The Morgan fingerprint density at radius 3 is 2.86 bits per heavy atom. The third-order valence-corrected chi connectivity index (χ3v) is 6.84. The molecule has 3 N–H and O–H groups in total. The summed E-state index contributed by atoms with van der Waals surface area (Å²) in [5.41, 5.74) is 5.71. The molecule has 1 aliphatic heterocycles. The van der Waals surface area contributed by atoms with Crippen LogP contribution in [0, 0.1) is 5.92 Å². The normalized spacial score (nSPS) is 14.1. The summed E-state index contributed by atoms with van der Waals surface area (Å²) >= 11 is 0. The number of rotatable bonds is 7. The molecule has 3 aromatic heterocycles. The lowest BCUT2D eigenvalue weighted by molar-refractivity contribution is 0.0964. The lowest BCUT2D eigenvalue weighted by atomic mass is 9.87. The van der Waals surface area contributed by atoms with Crippen molar-refractivity contribution in [1.82, 2.24) is 25.3 Å². The summed E-state index contributed by atoms with van der Waals surface area (Å²) in [6, 6.07) is 11.9. The molecular weight excluding hydrogens is 438 g/mol. The number of fused-ring (bicyclic) bond motifs is 2. The van der Waals surface area contributed by atoms with E-state index in [-0.39, 0.29) is 17.7 Å². The fraction of sp³-hybridized carbons (Fsp3) is 0.296. The van der Waals surface area contributed by atoms with E-state index in [1.165, 1.54) is 5.56 Å². The van der Waals surface area contributed by atoms with Crippen LogP contribution in [0.1, 0.15) is 41.3 Å². The van der Waals surface area contributed by atoms with Crippen molar-refractivity contribution < 1.29 is 4.79 Å². The highest BCUT2D eigenvalue weighted by Gasteiger charge is 2.20. The van der Waals surface area contributed by atoms with E-state index in [9.17, 15) is 4.79 Å². The van der Waals surface area contributed by atoms with Gasteiger partial charge in [0.05, 0.1) is 16.8 Å².